The third kappa shape index (κ3) is 5.48. The van der Waals surface area contributed by atoms with Crippen molar-refractivity contribution in [3.8, 4) is 11.5 Å². The summed E-state index contributed by atoms with van der Waals surface area (Å²) < 4.78 is 37.8. The number of carbonyl (C=O) groups excluding carboxylic acids is 3. The van der Waals surface area contributed by atoms with Crippen LogP contribution < -0.4 is 20.5 Å². The maximum Gasteiger partial charge on any atom is 0.267 e. The average molecular weight is 442 g/mol. The van der Waals surface area contributed by atoms with Crippen LogP contribution in [-0.4, -0.2) is 63.7 Å². The summed E-state index contributed by atoms with van der Waals surface area (Å²) in [5.41, 5.74) is 5.11. The van der Waals surface area contributed by atoms with E-state index in [1.165, 1.54) is 32.4 Å². The third-order valence-corrected chi connectivity index (χ3v) is 6.58. The van der Waals surface area contributed by atoms with E-state index in [1.54, 1.807) is 0 Å². The van der Waals surface area contributed by atoms with Gasteiger partial charge in [-0.3, -0.25) is 14.4 Å². The Hall–Kier alpha value is -2.66. The van der Waals surface area contributed by atoms with E-state index >= 15 is 0 Å². The summed E-state index contributed by atoms with van der Waals surface area (Å²) in [5.74, 6) is -1.24. The highest BCUT2D eigenvalue weighted by Crippen LogP contribution is 2.32. The van der Waals surface area contributed by atoms with Crippen molar-refractivity contribution in [2.24, 2.45) is 5.73 Å². The fourth-order valence-corrected chi connectivity index (χ4v) is 4.89. The quantitative estimate of drug-likeness (QED) is 0.553. The lowest BCUT2D eigenvalue weighted by atomic mass is 10.1. The highest BCUT2D eigenvalue weighted by atomic mass is 32.2. The summed E-state index contributed by atoms with van der Waals surface area (Å²) in [7, 11) is -1.60. The number of ether oxygens (including phenoxy) is 2. The highest BCUT2D eigenvalue weighted by molar-refractivity contribution is 7.89. The Morgan fingerprint density at radius 3 is 2.53 bits per heavy atom. The van der Waals surface area contributed by atoms with Crippen molar-refractivity contribution in [3.05, 3.63) is 18.2 Å². The van der Waals surface area contributed by atoms with Crippen molar-refractivity contribution < 1.29 is 32.3 Å². The maximum absolute atomic E-state index is 13.4. The Kier molecular flexibility index (Phi) is 8.18. The monoisotopic (exact) mass is 441 g/mol. The van der Waals surface area contributed by atoms with Gasteiger partial charge in [0.1, 0.15) is 6.04 Å². The number of benzene rings is 1. The van der Waals surface area contributed by atoms with Crippen LogP contribution in [0.3, 0.4) is 0 Å². The molecule has 3 N–H and O–H groups in total. The minimum atomic E-state index is -4.37. The van der Waals surface area contributed by atoms with E-state index in [2.05, 4.69) is 5.32 Å². The SMILES string of the molecule is COc1ccc(S(=O)(=O)N(C(=O)CCCC(N)=O)[C@H]2CCCNCC2=O)cc1OC. The van der Waals surface area contributed by atoms with Crippen molar-refractivity contribution in [2.45, 2.75) is 43.0 Å². The van der Waals surface area contributed by atoms with Crippen molar-refractivity contribution in [1.82, 2.24) is 9.62 Å². The number of nitrogens with two attached hydrogens (primary N) is 1. The minimum absolute atomic E-state index is 0.0306. The zero-order chi connectivity index (χ0) is 22.3. The van der Waals surface area contributed by atoms with Crippen LogP contribution in [0, 0.1) is 0 Å². The van der Waals surface area contributed by atoms with Crippen LogP contribution in [0.4, 0.5) is 0 Å². The molecule has 10 nitrogen and oxygen atoms in total. The fourth-order valence-electron chi connectivity index (χ4n) is 3.25. The van der Waals surface area contributed by atoms with Gasteiger partial charge in [-0.1, -0.05) is 0 Å². The van der Waals surface area contributed by atoms with E-state index in [0.717, 1.165) is 0 Å². The summed E-state index contributed by atoms with van der Waals surface area (Å²) in [4.78, 5) is 36.3. The Bertz CT molecular complexity index is 901. The summed E-state index contributed by atoms with van der Waals surface area (Å²) in [6, 6.07) is 2.83. The van der Waals surface area contributed by atoms with Crippen molar-refractivity contribution >= 4 is 27.6 Å². The van der Waals surface area contributed by atoms with Crippen LogP contribution in [0.2, 0.25) is 0 Å². The smallest absolute Gasteiger partial charge is 0.267 e. The standard InChI is InChI=1S/C19H27N3O7S/c1-28-16-9-8-13(11-17(16)29-2)30(26,27)22(19(25)7-3-6-18(20)24)14-5-4-10-21-12-15(14)23/h8-9,11,14,21H,3-7,10,12H2,1-2H3,(H2,20,24)/t14-/m0/s1. The summed E-state index contributed by atoms with van der Waals surface area (Å²) in [6.45, 7) is 0.513. The van der Waals surface area contributed by atoms with Gasteiger partial charge in [0.2, 0.25) is 11.8 Å². The Labute approximate surface area is 175 Å². The van der Waals surface area contributed by atoms with E-state index in [0.29, 0.717) is 23.0 Å². The van der Waals surface area contributed by atoms with Gasteiger partial charge >= 0.3 is 0 Å². The number of nitrogens with zero attached hydrogens (tertiary/aromatic N) is 1. The molecule has 30 heavy (non-hydrogen) atoms. The van der Waals surface area contributed by atoms with Crippen LogP contribution >= 0.6 is 0 Å². The van der Waals surface area contributed by atoms with Crippen molar-refractivity contribution in [3.63, 3.8) is 0 Å². The van der Waals surface area contributed by atoms with Gasteiger partial charge in [-0.25, -0.2) is 12.7 Å². The minimum Gasteiger partial charge on any atom is -0.493 e. The van der Waals surface area contributed by atoms with E-state index in [1.807, 2.05) is 0 Å². The van der Waals surface area contributed by atoms with Crippen molar-refractivity contribution in [1.29, 1.82) is 0 Å². The molecule has 0 aliphatic carbocycles. The van der Waals surface area contributed by atoms with Gasteiger partial charge in [-0.2, -0.15) is 0 Å². The highest BCUT2D eigenvalue weighted by Gasteiger charge is 2.39. The third-order valence-electron chi connectivity index (χ3n) is 4.76. The second-order valence-corrected chi connectivity index (χ2v) is 8.65. The molecule has 0 radical (unpaired) electrons. The van der Waals surface area contributed by atoms with Crippen LogP contribution in [-0.2, 0) is 24.4 Å². The first kappa shape index (κ1) is 23.6. The molecular formula is C19H27N3O7S. The van der Waals surface area contributed by atoms with Crippen LogP contribution in [0.25, 0.3) is 0 Å². The van der Waals surface area contributed by atoms with Crippen LogP contribution in [0.5, 0.6) is 11.5 Å². The normalized spacial score (nSPS) is 17.1. The van der Waals surface area contributed by atoms with E-state index in [4.69, 9.17) is 15.2 Å². The number of hydrogen-bond donors (Lipinski definition) is 2. The molecule has 1 aliphatic heterocycles. The molecule has 0 unspecified atom stereocenters. The van der Waals surface area contributed by atoms with E-state index < -0.39 is 27.9 Å². The van der Waals surface area contributed by atoms with Gasteiger partial charge in [-0.05, 0) is 37.9 Å². The zero-order valence-electron chi connectivity index (χ0n) is 17.0. The lowest BCUT2D eigenvalue weighted by Gasteiger charge is -2.29. The number of primary amides is 1. The number of methoxy groups -OCH3 is 2. The molecule has 1 fully saturated rings. The summed E-state index contributed by atoms with van der Waals surface area (Å²) >= 11 is 0. The largest absolute Gasteiger partial charge is 0.493 e. The summed E-state index contributed by atoms with van der Waals surface area (Å²) in [5, 5.41) is 2.92. The number of amides is 2. The van der Waals surface area contributed by atoms with E-state index in [-0.39, 0.29) is 48.7 Å². The fraction of sp³-hybridized carbons (Fsp3) is 0.526. The first-order valence-electron chi connectivity index (χ1n) is 9.53. The molecule has 1 aromatic rings. The van der Waals surface area contributed by atoms with Gasteiger partial charge in [0.15, 0.2) is 17.3 Å². The summed E-state index contributed by atoms with van der Waals surface area (Å²) in [6.07, 6.45) is 0.539. The van der Waals surface area contributed by atoms with Crippen LogP contribution in [0.1, 0.15) is 32.1 Å². The first-order chi connectivity index (χ1) is 14.2. The molecule has 0 bridgehead atoms. The maximum atomic E-state index is 13.4. The molecule has 2 rings (SSSR count). The molecule has 1 aromatic carbocycles. The Balaban J connectivity index is 2.46. The molecule has 0 saturated carbocycles. The Morgan fingerprint density at radius 1 is 1.20 bits per heavy atom. The molecule has 0 aromatic heterocycles. The van der Waals surface area contributed by atoms with Gasteiger partial charge in [0.25, 0.3) is 10.0 Å². The van der Waals surface area contributed by atoms with Crippen LogP contribution in [0.15, 0.2) is 23.1 Å². The number of nitrogens with one attached hydrogen (secondary N) is 1. The predicted molar refractivity (Wildman–Crippen MR) is 108 cm³/mol. The number of sulfonamides is 1. The van der Waals surface area contributed by atoms with E-state index in [9.17, 15) is 22.8 Å². The lowest BCUT2D eigenvalue weighted by molar-refractivity contribution is -0.134. The first-order valence-corrected chi connectivity index (χ1v) is 11.0. The average Bonchev–Trinajstić information content (AvgIpc) is 2.91. The number of hydrogen-bond acceptors (Lipinski definition) is 8. The lowest BCUT2D eigenvalue weighted by Crippen LogP contribution is -2.49. The predicted octanol–water partition coefficient (Wildman–Crippen LogP) is 0.198. The van der Waals surface area contributed by atoms with Crippen molar-refractivity contribution in [2.75, 3.05) is 27.3 Å². The molecule has 1 heterocycles. The number of Topliss-reactive ketones (excluding diaryl/α,β-unsaturated/α-hetero) is 1. The topological polar surface area (TPSA) is 145 Å². The number of carbonyl (C=O) groups is 3. The Morgan fingerprint density at radius 2 is 1.90 bits per heavy atom. The van der Waals surface area contributed by atoms with Gasteiger partial charge < -0.3 is 20.5 Å². The van der Waals surface area contributed by atoms with Gasteiger partial charge in [-0.15, -0.1) is 0 Å². The second-order valence-electron chi connectivity index (χ2n) is 6.83. The molecule has 166 valence electrons. The number of ketones is 1. The molecule has 11 heteroatoms. The zero-order valence-corrected chi connectivity index (χ0v) is 17.9. The number of rotatable bonds is 9. The van der Waals surface area contributed by atoms with Gasteiger partial charge in [0, 0.05) is 18.9 Å². The van der Waals surface area contributed by atoms with Gasteiger partial charge in [0.05, 0.1) is 25.7 Å². The molecule has 2 amide bonds. The molecule has 1 saturated heterocycles. The molecule has 1 aliphatic rings. The molecule has 0 spiro atoms. The molecule has 1 atom stereocenters. The molecular weight excluding hydrogens is 414 g/mol. The second kappa shape index (κ2) is 10.4.